The van der Waals surface area contributed by atoms with Gasteiger partial charge in [-0.2, -0.15) is 0 Å². The number of halogens is 1. The maximum Gasteiger partial charge on any atom is 0.261 e. The molecule has 0 aliphatic heterocycles. The normalized spacial score (nSPS) is 11.2. The maximum absolute atomic E-state index is 13.0. The van der Waals surface area contributed by atoms with Gasteiger partial charge in [0.1, 0.15) is 11.6 Å². The van der Waals surface area contributed by atoms with Gasteiger partial charge in [0.25, 0.3) is 10.0 Å². The minimum atomic E-state index is -3.88. The molecule has 2 rings (SSSR count). The summed E-state index contributed by atoms with van der Waals surface area (Å²) in [6.07, 6.45) is 0. The third kappa shape index (κ3) is 2.94. The number of benzene rings is 2. The van der Waals surface area contributed by atoms with Gasteiger partial charge in [-0.1, -0.05) is 6.07 Å². The molecular weight excluding hydrogens is 271 g/mol. The number of phenols is 1. The van der Waals surface area contributed by atoms with E-state index in [9.17, 15) is 17.9 Å². The average Bonchev–Trinajstić information content (AvgIpc) is 2.32. The van der Waals surface area contributed by atoms with E-state index >= 15 is 0 Å². The lowest BCUT2D eigenvalue weighted by Gasteiger charge is -2.09. The van der Waals surface area contributed by atoms with Gasteiger partial charge >= 0.3 is 0 Å². The van der Waals surface area contributed by atoms with Crippen LogP contribution < -0.4 is 10.5 Å². The Balaban J connectivity index is 2.35. The molecule has 2 aromatic carbocycles. The summed E-state index contributed by atoms with van der Waals surface area (Å²) in [5, 5.41) is 9.26. The van der Waals surface area contributed by atoms with E-state index in [0.717, 1.165) is 18.2 Å². The Hall–Kier alpha value is -2.28. The Morgan fingerprint density at radius 1 is 1.16 bits per heavy atom. The molecular formula is C12H11FN2O3S. The predicted molar refractivity (Wildman–Crippen MR) is 69.7 cm³/mol. The molecule has 2 aromatic rings. The van der Waals surface area contributed by atoms with Crippen LogP contribution in [0.1, 0.15) is 0 Å². The number of phenolic OH excluding ortho intramolecular Hbond substituents is 1. The molecule has 4 N–H and O–H groups in total. The fourth-order valence-corrected chi connectivity index (χ4v) is 2.56. The molecule has 0 fully saturated rings. The quantitative estimate of drug-likeness (QED) is 0.750. The van der Waals surface area contributed by atoms with Crippen LogP contribution in [0.3, 0.4) is 0 Å². The van der Waals surface area contributed by atoms with Crippen molar-refractivity contribution in [3.63, 3.8) is 0 Å². The molecule has 100 valence electrons. The van der Waals surface area contributed by atoms with Crippen LogP contribution in [0, 0.1) is 5.82 Å². The molecule has 0 aromatic heterocycles. The fraction of sp³-hybridized carbons (Fsp3) is 0. The van der Waals surface area contributed by atoms with Gasteiger partial charge in [0, 0.05) is 6.07 Å². The second-order valence-electron chi connectivity index (χ2n) is 3.84. The minimum Gasteiger partial charge on any atom is -0.508 e. The minimum absolute atomic E-state index is 0.0705. The lowest BCUT2D eigenvalue weighted by molar-refractivity contribution is 0.475. The second-order valence-corrected chi connectivity index (χ2v) is 5.52. The van der Waals surface area contributed by atoms with Crippen LogP contribution in [0.2, 0.25) is 0 Å². The van der Waals surface area contributed by atoms with Gasteiger partial charge in [-0.25, -0.2) is 12.8 Å². The van der Waals surface area contributed by atoms with Crippen LogP contribution in [-0.4, -0.2) is 13.5 Å². The molecule has 0 spiro atoms. The molecule has 0 heterocycles. The van der Waals surface area contributed by atoms with Gasteiger partial charge in [-0.15, -0.1) is 0 Å². The summed E-state index contributed by atoms with van der Waals surface area (Å²) < 4.78 is 39.3. The van der Waals surface area contributed by atoms with Crippen molar-refractivity contribution in [1.29, 1.82) is 0 Å². The first kappa shape index (κ1) is 13.2. The zero-order valence-electron chi connectivity index (χ0n) is 9.67. The first-order chi connectivity index (χ1) is 8.88. The van der Waals surface area contributed by atoms with Crippen molar-refractivity contribution in [2.75, 3.05) is 10.5 Å². The highest BCUT2D eigenvalue weighted by atomic mass is 32.2. The summed E-state index contributed by atoms with van der Waals surface area (Å²) in [5.41, 5.74) is 5.27. The molecule has 0 saturated heterocycles. The number of nitrogen functional groups attached to an aromatic ring is 1. The third-order valence-corrected chi connectivity index (χ3v) is 3.76. The van der Waals surface area contributed by atoms with Crippen molar-refractivity contribution in [1.82, 2.24) is 0 Å². The lowest BCUT2D eigenvalue weighted by atomic mass is 10.3. The van der Waals surface area contributed by atoms with Crippen LogP contribution in [-0.2, 0) is 10.0 Å². The Bertz CT molecular complexity index is 717. The highest BCUT2D eigenvalue weighted by Crippen LogP contribution is 2.21. The van der Waals surface area contributed by atoms with E-state index in [0.29, 0.717) is 0 Å². The zero-order valence-corrected chi connectivity index (χ0v) is 10.5. The number of sulfonamides is 1. The molecule has 0 aliphatic rings. The van der Waals surface area contributed by atoms with Gasteiger partial charge in [0.05, 0.1) is 16.3 Å². The summed E-state index contributed by atoms with van der Waals surface area (Å²) in [4.78, 5) is -0.158. The Morgan fingerprint density at radius 3 is 2.53 bits per heavy atom. The molecule has 5 nitrogen and oxygen atoms in total. The summed E-state index contributed by atoms with van der Waals surface area (Å²) in [6.45, 7) is 0. The SMILES string of the molecule is Nc1cc(S(=O)(=O)Nc2cccc(O)c2)ccc1F. The standard InChI is InChI=1S/C12H11FN2O3S/c13-11-5-4-10(7-12(11)14)19(17,18)15-8-2-1-3-9(16)6-8/h1-7,15-16H,14H2. The van der Waals surface area contributed by atoms with E-state index < -0.39 is 15.8 Å². The zero-order chi connectivity index (χ0) is 14.0. The first-order valence-corrected chi connectivity index (χ1v) is 6.74. The molecule has 0 unspecified atom stereocenters. The van der Waals surface area contributed by atoms with Crippen molar-refractivity contribution in [3.8, 4) is 5.75 Å². The van der Waals surface area contributed by atoms with Crippen LogP contribution in [0.5, 0.6) is 5.75 Å². The number of nitrogens with two attached hydrogens (primary N) is 1. The van der Waals surface area contributed by atoms with Crippen molar-refractivity contribution in [2.24, 2.45) is 0 Å². The molecule has 0 amide bonds. The van der Waals surface area contributed by atoms with E-state index in [4.69, 9.17) is 5.73 Å². The van der Waals surface area contributed by atoms with E-state index in [1.54, 1.807) is 0 Å². The Morgan fingerprint density at radius 2 is 1.89 bits per heavy atom. The number of anilines is 2. The number of hydrogen-bond acceptors (Lipinski definition) is 4. The number of rotatable bonds is 3. The van der Waals surface area contributed by atoms with Crippen LogP contribution in [0.15, 0.2) is 47.4 Å². The summed E-state index contributed by atoms with van der Waals surface area (Å²) in [5.74, 6) is -0.755. The highest BCUT2D eigenvalue weighted by Gasteiger charge is 2.15. The van der Waals surface area contributed by atoms with Gasteiger partial charge in [0.2, 0.25) is 0 Å². The lowest BCUT2D eigenvalue weighted by Crippen LogP contribution is -2.13. The molecule has 0 aliphatic carbocycles. The molecule has 19 heavy (non-hydrogen) atoms. The number of aromatic hydroxyl groups is 1. The van der Waals surface area contributed by atoms with Crippen LogP contribution in [0.4, 0.5) is 15.8 Å². The number of nitrogens with one attached hydrogen (secondary N) is 1. The first-order valence-electron chi connectivity index (χ1n) is 5.25. The Labute approximate surface area is 109 Å². The smallest absolute Gasteiger partial charge is 0.261 e. The Kier molecular flexibility index (Phi) is 3.30. The van der Waals surface area contributed by atoms with Gasteiger partial charge in [0.15, 0.2) is 0 Å². The maximum atomic E-state index is 13.0. The highest BCUT2D eigenvalue weighted by molar-refractivity contribution is 7.92. The van der Waals surface area contributed by atoms with Crippen molar-refractivity contribution >= 4 is 21.4 Å². The van der Waals surface area contributed by atoms with E-state index in [1.807, 2.05) is 0 Å². The molecule has 7 heteroatoms. The molecule has 0 radical (unpaired) electrons. The van der Waals surface area contributed by atoms with Crippen molar-refractivity contribution in [3.05, 3.63) is 48.3 Å². The van der Waals surface area contributed by atoms with Gasteiger partial charge in [-0.3, -0.25) is 4.72 Å². The van der Waals surface area contributed by atoms with Gasteiger partial charge in [-0.05, 0) is 30.3 Å². The summed E-state index contributed by atoms with van der Waals surface area (Å²) >= 11 is 0. The van der Waals surface area contributed by atoms with Crippen molar-refractivity contribution in [2.45, 2.75) is 4.90 Å². The average molecular weight is 282 g/mol. The van der Waals surface area contributed by atoms with E-state index in [2.05, 4.69) is 4.72 Å². The fourth-order valence-electron chi connectivity index (χ4n) is 1.47. The second kappa shape index (κ2) is 4.77. The molecule has 0 atom stereocenters. The van der Waals surface area contributed by atoms with Crippen molar-refractivity contribution < 1.29 is 17.9 Å². The predicted octanol–water partition coefficient (Wildman–Crippen LogP) is 1.91. The largest absolute Gasteiger partial charge is 0.508 e. The third-order valence-electron chi connectivity index (χ3n) is 2.38. The molecule has 0 saturated carbocycles. The topological polar surface area (TPSA) is 92.4 Å². The number of hydrogen-bond donors (Lipinski definition) is 3. The monoisotopic (exact) mass is 282 g/mol. The van der Waals surface area contributed by atoms with Crippen LogP contribution >= 0.6 is 0 Å². The van der Waals surface area contributed by atoms with E-state index in [-0.39, 0.29) is 22.0 Å². The summed E-state index contributed by atoms with van der Waals surface area (Å²) in [6, 6.07) is 8.75. The molecule has 0 bridgehead atoms. The van der Waals surface area contributed by atoms with Gasteiger partial charge < -0.3 is 10.8 Å². The van der Waals surface area contributed by atoms with Crippen LogP contribution in [0.25, 0.3) is 0 Å². The van der Waals surface area contributed by atoms with E-state index in [1.165, 1.54) is 24.3 Å². The summed E-state index contributed by atoms with van der Waals surface area (Å²) in [7, 11) is -3.88.